The lowest BCUT2D eigenvalue weighted by molar-refractivity contribution is -0.152. The molecule has 10 heteroatoms. The number of carbonyl (C=O) groups is 4. The fourth-order valence-electron chi connectivity index (χ4n) is 6.71. The Balaban J connectivity index is 1.27. The van der Waals surface area contributed by atoms with Gasteiger partial charge in [0.2, 0.25) is 0 Å². The average Bonchev–Trinajstić information content (AvgIpc) is 3.12. The summed E-state index contributed by atoms with van der Waals surface area (Å²) in [6, 6.07) is 0.243. The number of ether oxygens (including phenoxy) is 4. The second-order valence-corrected chi connectivity index (χ2v) is 12.5. The van der Waals surface area contributed by atoms with Crippen molar-refractivity contribution in [2.75, 3.05) is 14.1 Å². The molecule has 0 amide bonds. The van der Waals surface area contributed by atoms with Gasteiger partial charge in [-0.25, -0.2) is 19.2 Å². The number of hydrogen-bond acceptors (Lipinski definition) is 10. The zero-order valence-electron chi connectivity index (χ0n) is 25.3. The van der Waals surface area contributed by atoms with Gasteiger partial charge in [0.05, 0.1) is 12.1 Å². The van der Waals surface area contributed by atoms with E-state index in [-0.39, 0.29) is 66.1 Å². The highest BCUT2D eigenvalue weighted by atomic mass is 16.6. The molecular weight excluding hydrogens is 528 g/mol. The van der Waals surface area contributed by atoms with E-state index in [1.807, 2.05) is 41.8 Å². The molecule has 8 unspecified atom stereocenters. The van der Waals surface area contributed by atoms with Gasteiger partial charge < -0.3 is 18.9 Å². The fraction of sp³-hybridized carbons (Fsp3) is 0.677. The summed E-state index contributed by atoms with van der Waals surface area (Å²) in [6.07, 6.45) is 6.84. The highest BCUT2D eigenvalue weighted by Crippen LogP contribution is 2.39. The van der Waals surface area contributed by atoms with E-state index in [4.69, 9.17) is 18.9 Å². The largest absolute Gasteiger partial charge is 0.459 e. The van der Waals surface area contributed by atoms with Gasteiger partial charge >= 0.3 is 23.9 Å². The molecule has 41 heavy (non-hydrogen) atoms. The van der Waals surface area contributed by atoms with Crippen molar-refractivity contribution in [2.24, 2.45) is 0 Å². The quantitative estimate of drug-likeness (QED) is 0.244. The van der Waals surface area contributed by atoms with Crippen molar-refractivity contribution < 1.29 is 38.1 Å². The Labute approximate surface area is 242 Å². The lowest BCUT2D eigenvalue weighted by atomic mass is 10.00. The third kappa shape index (κ3) is 7.65. The minimum absolute atomic E-state index is 0.0268. The highest BCUT2D eigenvalue weighted by molar-refractivity contribution is 5.96. The topological polar surface area (TPSA) is 112 Å². The minimum Gasteiger partial charge on any atom is -0.459 e. The van der Waals surface area contributed by atoms with Crippen LogP contribution in [0.25, 0.3) is 0 Å². The minimum atomic E-state index is -0.582. The van der Waals surface area contributed by atoms with Gasteiger partial charge in [-0.15, -0.1) is 0 Å². The Bertz CT molecular complexity index is 1130. The smallest absolute Gasteiger partial charge is 0.334 e. The van der Waals surface area contributed by atoms with Crippen LogP contribution >= 0.6 is 0 Å². The van der Waals surface area contributed by atoms with Gasteiger partial charge in [0, 0.05) is 74.4 Å². The maximum Gasteiger partial charge on any atom is 0.334 e. The first-order chi connectivity index (χ1) is 19.3. The third-order valence-electron chi connectivity index (χ3n) is 8.70. The molecule has 0 saturated carbocycles. The van der Waals surface area contributed by atoms with E-state index >= 15 is 0 Å². The molecule has 4 rings (SSSR count). The maximum absolute atomic E-state index is 12.8. The van der Waals surface area contributed by atoms with Gasteiger partial charge in [0.15, 0.2) is 0 Å². The Morgan fingerprint density at radius 3 is 1.41 bits per heavy atom. The first-order valence-electron chi connectivity index (χ1n) is 14.6. The molecule has 4 bridgehead atoms. The van der Waals surface area contributed by atoms with Crippen LogP contribution in [0.4, 0.5) is 0 Å². The number of piperidine rings is 2. The third-order valence-corrected chi connectivity index (χ3v) is 8.70. The van der Waals surface area contributed by atoms with E-state index in [1.54, 1.807) is 6.92 Å². The van der Waals surface area contributed by atoms with E-state index in [0.717, 1.165) is 11.1 Å². The van der Waals surface area contributed by atoms with Gasteiger partial charge in [-0.3, -0.25) is 9.80 Å². The van der Waals surface area contributed by atoms with Gasteiger partial charge in [-0.2, -0.15) is 0 Å². The van der Waals surface area contributed by atoms with E-state index in [2.05, 4.69) is 9.80 Å². The number of rotatable bonds is 8. The number of fused-ring (bicyclic) bond motifs is 4. The van der Waals surface area contributed by atoms with Crippen molar-refractivity contribution in [3.8, 4) is 0 Å². The van der Waals surface area contributed by atoms with E-state index in [1.165, 1.54) is 18.2 Å². The van der Waals surface area contributed by atoms with Crippen LogP contribution in [0.3, 0.4) is 0 Å². The molecule has 4 saturated heterocycles. The molecule has 4 fully saturated rings. The molecule has 0 N–H and O–H groups in total. The van der Waals surface area contributed by atoms with Crippen molar-refractivity contribution in [2.45, 2.75) is 122 Å². The molecule has 0 aromatic carbocycles. The molecule has 4 aliphatic heterocycles. The van der Waals surface area contributed by atoms with Crippen LogP contribution in [0.15, 0.2) is 34.9 Å². The summed E-state index contributed by atoms with van der Waals surface area (Å²) in [4.78, 5) is 54.3. The molecule has 226 valence electrons. The zero-order valence-corrected chi connectivity index (χ0v) is 25.3. The van der Waals surface area contributed by atoms with Crippen LogP contribution in [0.5, 0.6) is 0 Å². The number of nitrogens with zero attached hydrogens (tertiary/aromatic N) is 2. The summed E-state index contributed by atoms with van der Waals surface area (Å²) < 4.78 is 22.9. The Morgan fingerprint density at radius 2 is 0.976 bits per heavy atom. The van der Waals surface area contributed by atoms with Gasteiger partial charge in [-0.05, 0) is 48.7 Å². The molecule has 4 heterocycles. The molecule has 0 aromatic heterocycles. The maximum atomic E-state index is 12.8. The van der Waals surface area contributed by atoms with E-state index < -0.39 is 11.9 Å². The number of hydrogen-bond donors (Lipinski definition) is 0. The van der Waals surface area contributed by atoms with Crippen LogP contribution in [0.1, 0.15) is 73.1 Å². The van der Waals surface area contributed by atoms with Crippen LogP contribution in [0.2, 0.25) is 0 Å². The molecule has 4 aliphatic rings. The molecule has 0 radical (unpaired) electrons. The summed E-state index contributed by atoms with van der Waals surface area (Å²) >= 11 is 0. The second kappa shape index (κ2) is 12.9. The average molecular weight is 573 g/mol. The van der Waals surface area contributed by atoms with Crippen molar-refractivity contribution in [1.82, 2.24) is 9.80 Å². The second-order valence-electron chi connectivity index (χ2n) is 12.5. The molecule has 0 aliphatic carbocycles. The summed E-state index contributed by atoms with van der Waals surface area (Å²) in [5.74, 6) is -1.83. The molecule has 0 aromatic rings. The van der Waals surface area contributed by atoms with Crippen molar-refractivity contribution in [3.63, 3.8) is 0 Å². The normalized spacial score (nSPS) is 33.0. The molecule has 10 nitrogen and oxygen atoms in total. The predicted molar refractivity (Wildman–Crippen MR) is 151 cm³/mol. The summed E-state index contributed by atoms with van der Waals surface area (Å²) in [7, 11) is 4.01. The molecular formula is C31H44N2O8. The number of allylic oxidation sites excluding steroid dienone is 2. The van der Waals surface area contributed by atoms with Crippen LogP contribution in [-0.2, 0) is 38.1 Å². The van der Waals surface area contributed by atoms with E-state index in [9.17, 15) is 19.2 Å². The van der Waals surface area contributed by atoms with Gasteiger partial charge in [0.25, 0.3) is 0 Å². The standard InChI is InChI=1S/C31H44N2O8/c1-17(2)8-28(34)40-26-13-20-11-22(15-24(26)32(20)6)38-30(36)10-19(5)31(37)39-23-12-21-14-27(25(16-23)33(21)7)41-29(35)9-18(3)4/h8-10,20-27H,11-16H2,1-7H3. The van der Waals surface area contributed by atoms with Crippen LogP contribution in [0, 0.1) is 0 Å². The number of esters is 4. The van der Waals surface area contributed by atoms with Crippen LogP contribution in [-0.4, -0.2) is 96.4 Å². The van der Waals surface area contributed by atoms with E-state index in [0.29, 0.717) is 38.5 Å². The number of carbonyl (C=O) groups excluding carboxylic acids is 4. The van der Waals surface area contributed by atoms with Crippen molar-refractivity contribution >= 4 is 23.9 Å². The first-order valence-corrected chi connectivity index (χ1v) is 14.6. The molecule has 0 spiro atoms. The Hall–Kier alpha value is -2.98. The SMILES string of the molecule is CC(C)=CC(=O)OC1CC2CC(OC(=O)C=C(C)C(=O)OC3CC4CC(OC(=O)C=C(C)C)C(C3)N4C)CC1N2C. The van der Waals surface area contributed by atoms with Crippen molar-refractivity contribution in [3.05, 3.63) is 34.9 Å². The first kappa shape index (κ1) is 31.0. The summed E-state index contributed by atoms with van der Waals surface area (Å²) in [5.41, 5.74) is 1.94. The Morgan fingerprint density at radius 1 is 0.561 bits per heavy atom. The molecule has 8 atom stereocenters. The van der Waals surface area contributed by atoms with Gasteiger partial charge in [0.1, 0.15) is 24.4 Å². The highest BCUT2D eigenvalue weighted by Gasteiger charge is 2.49. The predicted octanol–water partition coefficient (Wildman–Crippen LogP) is 3.25. The van der Waals surface area contributed by atoms with Crippen LogP contribution < -0.4 is 0 Å². The fourth-order valence-corrected chi connectivity index (χ4v) is 6.71. The summed E-state index contributed by atoms with van der Waals surface area (Å²) in [5, 5.41) is 0. The lowest BCUT2D eigenvalue weighted by Crippen LogP contribution is -2.46. The monoisotopic (exact) mass is 572 g/mol. The summed E-state index contributed by atoms with van der Waals surface area (Å²) in [6.45, 7) is 8.94. The zero-order chi connectivity index (χ0) is 30.0. The Kier molecular flexibility index (Phi) is 9.74. The van der Waals surface area contributed by atoms with Gasteiger partial charge in [-0.1, -0.05) is 11.1 Å². The van der Waals surface area contributed by atoms with Crippen molar-refractivity contribution in [1.29, 1.82) is 0 Å². The number of likely N-dealkylation sites (N-methyl/N-ethyl adjacent to an activating group) is 2. The lowest BCUT2D eigenvalue weighted by Gasteiger charge is -2.36.